The van der Waals surface area contributed by atoms with Crippen LogP contribution in [0.3, 0.4) is 0 Å². The molecule has 1 heterocycles. The lowest BCUT2D eigenvalue weighted by Crippen LogP contribution is -2.34. The highest BCUT2D eigenvalue weighted by Crippen LogP contribution is 2.06. The van der Waals surface area contributed by atoms with Gasteiger partial charge in [-0.15, -0.1) is 5.10 Å². The molecule has 1 rings (SSSR count). The van der Waals surface area contributed by atoms with Crippen molar-refractivity contribution in [3.8, 4) is 0 Å². The molecule has 0 saturated carbocycles. The van der Waals surface area contributed by atoms with Gasteiger partial charge in [0.15, 0.2) is 0 Å². The number of aromatic nitrogens is 3. The summed E-state index contributed by atoms with van der Waals surface area (Å²) in [6, 6.07) is -0.209. The van der Waals surface area contributed by atoms with E-state index < -0.39 is 0 Å². The van der Waals surface area contributed by atoms with Gasteiger partial charge in [-0.3, -0.25) is 10.1 Å². The molecule has 1 aromatic heterocycles. The summed E-state index contributed by atoms with van der Waals surface area (Å²) in [5, 5.41) is 10.3. The number of hydrogen-bond acceptors (Lipinski definition) is 5. The van der Waals surface area contributed by atoms with Gasteiger partial charge in [0.1, 0.15) is 0 Å². The van der Waals surface area contributed by atoms with E-state index in [1.165, 1.54) is 0 Å². The van der Waals surface area contributed by atoms with Crippen LogP contribution in [0.5, 0.6) is 0 Å². The van der Waals surface area contributed by atoms with Gasteiger partial charge in [-0.1, -0.05) is 6.92 Å². The molecule has 16 heavy (non-hydrogen) atoms. The first kappa shape index (κ1) is 12.5. The van der Waals surface area contributed by atoms with E-state index in [1.807, 2.05) is 13.8 Å². The number of aryl methyl sites for hydroxylation is 2. The van der Waals surface area contributed by atoms with Gasteiger partial charge in [-0.25, -0.2) is 4.98 Å². The molecule has 6 nitrogen and oxygen atoms in total. The van der Waals surface area contributed by atoms with Gasteiger partial charge in [0.2, 0.25) is 11.9 Å². The van der Waals surface area contributed by atoms with E-state index in [2.05, 4.69) is 20.5 Å². The van der Waals surface area contributed by atoms with Crippen molar-refractivity contribution in [2.24, 2.45) is 11.7 Å². The summed E-state index contributed by atoms with van der Waals surface area (Å²) < 4.78 is 0. The Morgan fingerprint density at radius 1 is 1.25 bits per heavy atom. The Kier molecular flexibility index (Phi) is 3.89. The third kappa shape index (κ3) is 2.96. The van der Waals surface area contributed by atoms with Crippen LogP contribution in [0.25, 0.3) is 0 Å². The van der Waals surface area contributed by atoms with Gasteiger partial charge >= 0.3 is 0 Å². The van der Waals surface area contributed by atoms with Crippen molar-refractivity contribution in [3.63, 3.8) is 0 Å². The third-order valence-electron chi connectivity index (χ3n) is 2.53. The summed E-state index contributed by atoms with van der Waals surface area (Å²) in [5.41, 5.74) is 7.12. The van der Waals surface area contributed by atoms with Crippen LogP contribution in [0, 0.1) is 19.8 Å². The van der Waals surface area contributed by atoms with Gasteiger partial charge in [0.25, 0.3) is 0 Å². The predicted octanol–water partition coefficient (Wildman–Crippen LogP) is 0.410. The standard InChI is InChI=1S/C10H17N5O/c1-5(6(2)11)9(16)13-10-12-7(3)8(4)14-15-10/h5-6H,11H2,1-4H3,(H,12,13,15,16). The Labute approximate surface area is 94.7 Å². The molecular formula is C10H17N5O. The van der Waals surface area contributed by atoms with Crippen LogP contribution < -0.4 is 11.1 Å². The molecule has 0 aromatic carbocycles. The topological polar surface area (TPSA) is 93.8 Å². The maximum absolute atomic E-state index is 11.7. The number of carbonyl (C=O) groups excluding carboxylic acids is 1. The van der Waals surface area contributed by atoms with Gasteiger partial charge in [-0.2, -0.15) is 5.10 Å². The fraction of sp³-hybridized carbons (Fsp3) is 0.600. The molecule has 88 valence electrons. The Morgan fingerprint density at radius 2 is 1.88 bits per heavy atom. The van der Waals surface area contributed by atoms with Crippen molar-refractivity contribution in [2.45, 2.75) is 33.7 Å². The Balaban J connectivity index is 2.74. The maximum atomic E-state index is 11.7. The smallest absolute Gasteiger partial charge is 0.249 e. The number of nitrogens with one attached hydrogen (secondary N) is 1. The van der Waals surface area contributed by atoms with Gasteiger partial charge in [0, 0.05) is 6.04 Å². The van der Waals surface area contributed by atoms with E-state index in [1.54, 1.807) is 13.8 Å². The van der Waals surface area contributed by atoms with E-state index >= 15 is 0 Å². The van der Waals surface area contributed by atoms with Crippen molar-refractivity contribution in [3.05, 3.63) is 11.4 Å². The molecule has 0 bridgehead atoms. The quantitative estimate of drug-likeness (QED) is 0.774. The number of nitrogens with two attached hydrogens (primary N) is 1. The Bertz CT molecular complexity index is 391. The molecule has 1 aromatic rings. The van der Waals surface area contributed by atoms with E-state index in [4.69, 9.17) is 5.73 Å². The average molecular weight is 223 g/mol. The monoisotopic (exact) mass is 223 g/mol. The maximum Gasteiger partial charge on any atom is 0.249 e. The van der Waals surface area contributed by atoms with E-state index in [0.29, 0.717) is 0 Å². The highest BCUT2D eigenvalue weighted by atomic mass is 16.2. The number of nitrogens with zero attached hydrogens (tertiary/aromatic N) is 3. The van der Waals surface area contributed by atoms with Crippen LogP contribution in [-0.4, -0.2) is 27.1 Å². The van der Waals surface area contributed by atoms with Crippen molar-refractivity contribution in [1.29, 1.82) is 0 Å². The number of hydrogen-bond donors (Lipinski definition) is 2. The lowest BCUT2D eigenvalue weighted by atomic mass is 10.0. The number of rotatable bonds is 3. The predicted molar refractivity (Wildman–Crippen MR) is 60.7 cm³/mol. The molecule has 0 aliphatic rings. The van der Waals surface area contributed by atoms with Crippen LogP contribution in [0.2, 0.25) is 0 Å². The van der Waals surface area contributed by atoms with E-state index in [0.717, 1.165) is 11.4 Å². The molecule has 6 heteroatoms. The second kappa shape index (κ2) is 4.98. The summed E-state index contributed by atoms with van der Waals surface area (Å²) in [7, 11) is 0. The molecule has 0 spiro atoms. The summed E-state index contributed by atoms with van der Waals surface area (Å²) in [6.07, 6.45) is 0. The zero-order chi connectivity index (χ0) is 12.3. The highest BCUT2D eigenvalue weighted by molar-refractivity contribution is 5.91. The Morgan fingerprint density at radius 3 is 2.38 bits per heavy atom. The van der Waals surface area contributed by atoms with Gasteiger partial charge in [0.05, 0.1) is 17.3 Å². The molecule has 3 N–H and O–H groups in total. The van der Waals surface area contributed by atoms with Gasteiger partial charge in [-0.05, 0) is 20.8 Å². The largest absolute Gasteiger partial charge is 0.327 e. The lowest BCUT2D eigenvalue weighted by molar-refractivity contribution is -0.119. The van der Waals surface area contributed by atoms with Crippen molar-refractivity contribution in [2.75, 3.05) is 5.32 Å². The van der Waals surface area contributed by atoms with Crippen LogP contribution in [-0.2, 0) is 4.79 Å². The van der Waals surface area contributed by atoms with E-state index in [9.17, 15) is 4.79 Å². The summed E-state index contributed by atoms with van der Waals surface area (Å²) in [5.74, 6) is -0.258. The molecule has 0 aliphatic carbocycles. The fourth-order valence-electron chi connectivity index (χ4n) is 0.973. The number of amides is 1. The average Bonchev–Trinajstić information content (AvgIpc) is 2.22. The van der Waals surface area contributed by atoms with E-state index in [-0.39, 0.29) is 23.8 Å². The normalized spacial score (nSPS) is 14.3. The first-order chi connectivity index (χ1) is 7.41. The molecule has 0 fully saturated rings. The second-order valence-electron chi connectivity index (χ2n) is 3.94. The molecular weight excluding hydrogens is 206 g/mol. The summed E-state index contributed by atoms with van der Waals surface area (Å²) in [4.78, 5) is 15.8. The van der Waals surface area contributed by atoms with Crippen molar-refractivity contribution < 1.29 is 4.79 Å². The zero-order valence-corrected chi connectivity index (χ0v) is 9.98. The SMILES string of the molecule is Cc1nnc(NC(=O)C(C)C(C)N)nc1C. The van der Waals surface area contributed by atoms with Crippen LogP contribution in [0.4, 0.5) is 5.95 Å². The number of anilines is 1. The summed E-state index contributed by atoms with van der Waals surface area (Å²) >= 11 is 0. The Hall–Kier alpha value is -1.56. The fourth-order valence-corrected chi connectivity index (χ4v) is 0.973. The lowest BCUT2D eigenvalue weighted by Gasteiger charge is -2.14. The molecule has 2 atom stereocenters. The molecule has 0 saturated heterocycles. The molecule has 0 aliphatic heterocycles. The second-order valence-corrected chi connectivity index (χ2v) is 3.94. The minimum Gasteiger partial charge on any atom is -0.327 e. The zero-order valence-electron chi connectivity index (χ0n) is 9.98. The van der Waals surface area contributed by atoms with Crippen LogP contribution >= 0.6 is 0 Å². The molecule has 0 radical (unpaired) electrons. The first-order valence-electron chi connectivity index (χ1n) is 5.16. The highest BCUT2D eigenvalue weighted by Gasteiger charge is 2.18. The number of carbonyl (C=O) groups is 1. The van der Waals surface area contributed by atoms with Crippen molar-refractivity contribution >= 4 is 11.9 Å². The van der Waals surface area contributed by atoms with Crippen LogP contribution in [0.15, 0.2) is 0 Å². The molecule has 1 amide bonds. The van der Waals surface area contributed by atoms with Crippen molar-refractivity contribution in [1.82, 2.24) is 15.2 Å². The third-order valence-corrected chi connectivity index (χ3v) is 2.53. The minimum absolute atomic E-state index is 0.194. The minimum atomic E-state index is -0.287. The first-order valence-corrected chi connectivity index (χ1v) is 5.16. The van der Waals surface area contributed by atoms with Gasteiger partial charge < -0.3 is 5.73 Å². The molecule has 2 unspecified atom stereocenters. The summed E-state index contributed by atoms with van der Waals surface area (Å²) in [6.45, 7) is 7.17. The van der Waals surface area contributed by atoms with Crippen LogP contribution in [0.1, 0.15) is 25.2 Å².